The third-order valence-corrected chi connectivity index (χ3v) is 5.82. The number of hydrogen-bond acceptors (Lipinski definition) is 5. The van der Waals surface area contributed by atoms with Gasteiger partial charge in [-0.05, 0) is 37.1 Å². The number of amides is 2. The van der Waals surface area contributed by atoms with Gasteiger partial charge < -0.3 is 19.7 Å². The van der Waals surface area contributed by atoms with Crippen molar-refractivity contribution in [1.82, 2.24) is 20.0 Å². The minimum atomic E-state index is -0.0914. The van der Waals surface area contributed by atoms with Gasteiger partial charge in [0.05, 0.1) is 25.5 Å². The number of carbonyl (C=O) groups is 2. The Kier molecular flexibility index (Phi) is 6.63. The van der Waals surface area contributed by atoms with Gasteiger partial charge in [0.15, 0.2) is 0 Å². The van der Waals surface area contributed by atoms with Gasteiger partial charge in [-0.2, -0.15) is 5.10 Å². The third kappa shape index (κ3) is 4.84. The lowest BCUT2D eigenvalue weighted by Crippen LogP contribution is -2.46. The van der Waals surface area contributed by atoms with Crippen LogP contribution >= 0.6 is 0 Å². The van der Waals surface area contributed by atoms with Crippen molar-refractivity contribution in [2.24, 2.45) is 0 Å². The first kappa shape index (κ1) is 22.4. The molecule has 4 rings (SSSR count). The molecule has 1 saturated heterocycles. The second-order valence-electron chi connectivity index (χ2n) is 8.00. The molecule has 2 heterocycles. The highest BCUT2D eigenvalue weighted by Crippen LogP contribution is 2.35. The largest absolute Gasteiger partial charge is 0.497 e. The summed E-state index contributed by atoms with van der Waals surface area (Å²) in [5, 5.41) is 7.72. The summed E-state index contributed by atoms with van der Waals surface area (Å²) in [4.78, 5) is 26.8. The zero-order valence-electron chi connectivity index (χ0n) is 19.1. The number of piperidine rings is 1. The number of hydrogen-bond donors (Lipinski definition) is 1. The average Bonchev–Trinajstić information content (AvgIpc) is 3.29. The van der Waals surface area contributed by atoms with Crippen molar-refractivity contribution in [3.8, 4) is 28.4 Å². The van der Waals surface area contributed by atoms with Crippen molar-refractivity contribution in [2.75, 3.05) is 27.3 Å². The molecule has 8 heteroatoms. The fourth-order valence-corrected chi connectivity index (χ4v) is 4.12. The molecule has 0 atom stereocenters. The molecule has 1 aromatic heterocycles. The molecule has 0 bridgehead atoms. The minimum absolute atomic E-state index is 0.0437. The van der Waals surface area contributed by atoms with Crippen LogP contribution in [0.5, 0.6) is 11.5 Å². The maximum Gasteiger partial charge on any atom is 0.257 e. The predicted molar refractivity (Wildman–Crippen MR) is 125 cm³/mol. The first-order chi connectivity index (χ1) is 16.0. The number of likely N-dealkylation sites (tertiary alicyclic amines) is 1. The second-order valence-corrected chi connectivity index (χ2v) is 8.00. The number of nitrogens with one attached hydrogen (secondary N) is 1. The Hall–Kier alpha value is -3.81. The van der Waals surface area contributed by atoms with Gasteiger partial charge in [-0.3, -0.25) is 9.59 Å². The van der Waals surface area contributed by atoms with Crippen LogP contribution in [0.25, 0.3) is 16.9 Å². The number of carbonyl (C=O) groups excluding carboxylic acids is 2. The van der Waals surface area contributed by atoms with Crippen LogP contribution < -0.4 is 14.8 Å². The van der Waals surface area contributed by atoms with E-state index in [1.54, 1.807) is 31.2 Å². The number of methoxy groups -OCH3 is 2. The van der Waals surface area contributed by atoms with Crippen LogP contribution in [-0.4, -0.2) is 59.8 Å². The van der Waals surface area contributed by atoms with E-state index in [4.69, 9.17) is 14.6 Å². The maximum atomic E-state index is 13.6. The summed E-state index contributed by atoms with van der Waals surface area (Å²) in [7, 11) is 3.18. The number of aromatic nitrogens is 2. The maximum absolute atomic E-state index is 13.6. The second kappa shape index (κ2) is 9.77. The van der Waals surface area contributed by atoms with E-state index in [2.05, 4.69) is 5.32 Å². The molecule has 2 amide bonds. The van der Waals surface area contributed by atoms with Gasteiger partial charge >= 0.3 is 0 Å². The van der Waals surface area contributed by atoms with E-state index in [-0.39, 0.29) is 17.9 Å². The van der Waals surface area contributed by atoms with Crippen molar-refractivity contribution in [2.45, 2.75) is 25.8 Å². The molecule has 2 aromatic carbocycles. The van der Waals surface area contributed by atoms with Crippen LogP contribution in [0.2, 0.25) is 0 Å². The molecule has 0 saturated carbocycles. The highest BCUT2D eigenvalue weighted by molar-refractivity contribution is 6.00. The van der Waals surface area contributed by atoms with Crippen LogP contribution in [0.15, 0.2) is 54.7 Å². The lowest BCUT2D eigenvalue weighted by atomic mass is 10.0. The molecular formula is C25H28N4O4. The fraction of sp³-hybridized carbons (Fsp3) is 0.320. The molecule has 1 N–H and O–H groups in total. The number of para-hydroxylation sites is 1. The lowest BCUT2D eigenvalue weighted by Gasteiger charge is -2.32. The third-order valence-electron chi connectivity index (χ3n) is 5.82. The summed E-state index contributed by atoms with van der Waals surface area (Å²) in [5.74, 6) is 1.10. The molecule has 8 nitrogen and oxygen atoms in total. The van der Waals surface area contributed by atoms with Crippen molar-refractivity contribution in [3.05, 3.63) is 60.3 Å². The Morgan fingerprint density at radius 2 is 1.76 bits per heavy atom. The van der Waals surface area contributed by atoms with Crippen molar-refractivity contribution < 1.29 is 19.1 Å². The summed E-state index contributed by atoms with van der Waals surface area (Å²) >= 11 is 0. The Bertz CT molecular complexity index is 1130. The SMILES string of the molecule is COc1ccc(-c2nn(-c3ccccc3)cc2C(=O)N2CCC(NC(C)=O)CC2)c(OC)c1. The number of nitrogens with zero attached hydrogens (tertiary/aromatic N) is 3. The zero-order chi connectivity index (χ0) is 23.4. The van der Waals surface area contributed by atoms with E-state index in [9.17, 15) is 9.59 Å². The molecule has 1 aliphatic rings. The standard InChI is InChI=1S/C25H28N4O4/c1-17(30)26-18-11-13-28(14-12-18)25(31)22-16-29(19-7-5-4-6-8-19)27-24(22)21-10-9-20(32-2)15-23(21)33-3/h4-10,15-16,18H,11-14H2,1-3H3,(H,26,30). The molecule has 0 radical (unpaired) electrons. The summed E-state index contributed by atoms with van der Waals surface area (Å²) in [6.07, 6.45) is 3.22. The smallest absolute Gasteiger partial charge is 0.257 e. The average molecular weight is 449 g/mol. The lowest BCUT2D eigenvalue weighted by molar-refractivity contribution is -0.119. The highest BCUT2D eigenvalue weighted by Gasteiger charge is 2.28. The number of benzene rings is 2. The van der Waals surface area contributed by atoms with Crippen molar-refractivity contribution in [1.29, 1.82) is 0 Å². The van der Waals surface area contributed by atoms with Gasteiger partial charge in [-0.1, -0.05) is 18.2 Å². The first-order valence-corrected chi connectivity index (χ1v) is 10.9. The Balaban J connectivity index is 1.71. The minimum Gasteiger partial charge on any atom is -0.497 e. The van der Waals surface area contributed by atoms with E-state index in [0.29, 0.717) is 41.4 Å². The molecule has 172 valence electrons. The molecule has 0 unspecified atom stereocenters. The van der Waals surface area contributed by atoms with Gasteiger partial charge in [0, 0.05) is 43.9 Å². The topological polar surface area (TPSA) is 85.7 Å². The van der Waals surface area contributed by atoms with E-state index in [1.165, 1.54) is 6.92 Å². The Labute approximate surface area is 193 Å². The first-order valence-electron chi connectivity index (χ1n) is 10.9. The Morgan fingerprint density at radius 1 is 1.03 bits per heavy atom. The molecule has 1 aliphatic heterocycles. The van der Waals surface area contributed by atoms with Crippen molar-refractivity contribution >= 4 is 11.8 Å². The highest BCUT2D eigenvalue weighted by atomic mass is 16.5. The summed E-state index contributed by atoms with van der Waals surface area (Å²) in [6, 6.07) is 15.2. The molecule has 33 heavy (non-hydrogen) atoms. The van der Waals surface area contributed by atoms with E-state index < -0.39 is 0 Å². The molecular weight excluding hydrogens is 420 g/mol. The zero-order valence-corrected chi connectivity index (χ0v) is 19.1. The van der Waals surface area contributed by atoms with Crippen molar-refractivity contribution in [3.63, 3.8) is 0 Å². The Morgan fingerprint density at radius 3 is 2.39 bits per heavy atom. The summed E-state index contributed by atoms with van der Waals surface area (Å²) in [5.41, 5.74) is 2.62. The summed E-state index contributed by atoms with van der Waals surface area (Å²) in [6.45, 7) is 2.66. The van der Waals surface area contributed by atoms with Gasteiger partial charge in [-0.25, -0.2) is 4.68 Å². The normalized spacial score (nSPS) is 14.1. The fourth-order valence-electron chi connectivity index (χ4n) is 4.12. The van der Waals surface area contributed by atoms with Gasteiger partial charge in [-0.15, -0.1) is 0 Å². The summed E-state index contributed by atoms with van der Waals surface area (Å²) < 4.78 is 12.6. The van der Waals surface area contributed by atoms with Crippen LogP contribution in [0, 0.1) is 0 Å². The van der Waals surface area contributed by atoms with Gasteiger partial charge in [0.2, 0.25) is 5.91 Å². The van der Waals surface area contributed by atoms with E-state index >= 15 is 0 Å². The van der Waals surface area contributed by atoms with E-state index in [1.807, 2.05) is 47.4 Å². The molecule has 1 fully saturated rings. The van der Waals surface area contributed by atoms with Crippen LogP contribution in [0.3, 0.4) is 0 Å². The van der Waals surface area contributed by atoms with Crippen LogP contribution in [0.1, 0.15) is 30.1 Å². The van der Waals surface area contributed by atoms with Crippen LogP contribution in [-0.2, 0) is 4.79 Å². The van der Waals surface area contributed by atoms with E-state index in [0.717, 1.165) is 18.5 Å². The van der Waals surface area contributed by atoms with Crippen LogP contribution in [0.4, 0.5) is 0 Å². The number of ether oxygens (including phenoxy) is 2. The monoisotopic (exact) mass is 448 g/mol. The quantitative estimate of drug-likeness (QED) is 0.625. The predicted octanol–water partition coefficient (Wildman–Crippen LogP) is 3.30. The van der Waals surface area contributed by atoms with Gasteiger partial charge in [0.25, 0.3) is 5.91 Å². The molecule has 3 aromatic rings. The molecule has 0 aliphatic carbocycles. The van der Waals surface area contributed by atoms with Gasteiger partial charge in [0.1, 0.15) is 17.2 Å². The molecule has 0 spiro atoms. The number of rotatable bonds is 6.